The lowest BCUT2D eigenvalue weighted by Crippen LogP contribution is -2.22. The van der Waals surface area contributed by atoms with E-state index in [0.717, 1.165) is 18.6 Å². The van der Waals surface area contributed by atoms with Crippen molar-refractivity contribution in [3.8, 4) is 0 Å². The fourth-order valence-electron chi connectivity index (χ4n) is 1.13. The zero-order valence-electron chi connectivity index (χ0n) is 8.48. The summed E-state index contributed by atoms with van der Waals surface area (Å²) in [6, 6.07) is 0. The first-order valence-corrected chi connectivity index (χ1v) is 4.44. The fourth-order valence-corrected chi connectivity index (χ4v) is 1.13. The Morgan fingerprint density at radius 1 is 1.42 bits per heavy atom. The zero-order valence-corrected chi connectivity index (χ0v) is 8.48. The van der Waals surface area contributed by atoms with E-state index in [-0.39, 0.29) is 11.0 Å². The summed E-state index contributed by atoms with van der Waals surface area (Å²) in [5.74, 6) is 1.00. The summed E-state index contributed by atoms with van der Waals surface area (Å²) in [6.45, 7) is 6.40. The number of nitrogens with two attached hydrogens (primary N) is 1. The first-order chi connectivity index (χ1) is 5.37. The molecule has 0 bridgehead atoms. The molecular weight excluding hydrogens is 150 g/mol. The molecule has 2 N–H and O–H groups in total. The van der Waals surface area contributed by atoms with Crippen molar-refractivity contribution in [3.05, 3.63) is 11.8 Å². The second kappa shape index (κ2) is 2.77. The molecule has 0 amide bonds. The van der Waals surface area contributed by atoms with Gasteiger partial charge in [-0.05, 0) is 18.9 Å². The van der Waals surface area contributed by atoms with Gasteiger partial charge in [0.2, 0.25) is 0 Å². The third-order valence-electron chi connectivity index (χ3n) is 2.21. The molecule has 1 aliphatic carbocycles. The van der Waals surface area contributed by atoms with Gasteiger partial charge in [0.15, 0.2) is 0 Å². The summed E-state index contributed by atoms with van der Waals surface area (Å²) in [6.07, 6.45) is 4.26. The van der Waals surface area contributed by atoms with Gasteiger partial charge in [-0.3, -0.25) is 0 Å². The van der Waals surface area contributed by atoms with E-state index in [2.05, 4.69) is 26.8 Å². The van der Waals surface area contributed by atoms with E-state index in [9.17, 15) is 0 Å². The van der Waals surface area contributed by atoms with Crippen LogP contribution in [-0.2, 0) is 4.74 Å². The number of rotatable bonds is 2. The summed E-state index contributed by atoms with van der Waals surface area (Å²) >= 11 is 0. The lowest BCUT2D eigenvalue weighted by atomic mass is 9.92. The van der Waals surface area contributed by atoms with Crippen LogP contribution in [0.4, 0.5) is 0 Å². The number of allylic oxidation sites excluding steroid dienone is 1. The molecule has 0 aromatic heterocycles. The number of hydrogen-bond donors (Lipinski definition) is 1. The quantitative estimate of drug-likeness (QED) is 0.642. The second-order valence-corrected chi connectivity index (χ2v) is 4.70. The highest BCUT2D eigenvalue weighted by molar-refractivity contribution is 5.20. The Labute approximate surface area is 74.8 Å². The van der Waals surface area contributed by atoms with Crippen molar-refractivity contribution in [1.29, 1.82) is 0 Å². The van der Waals surface area contributed by atoms with Crippen molar-refractivity contribution in [2.24, 2.45) is 11.1 Å². The van der Waals surface area contributed by atoms with Crippen LogP contribution < -0.4 is 5.73 Å². The molecule has 1 rings (SSSR count). The number of ether oxygens (including phenoxy) is 1. The molecule has 0 aromatic carbocycles. The summed E-state index contributed by atoms with van der Waals surface area (Å²) in [4.78, 5) is 0. The highest BCUT2D eigenvalue weighted by Crippen LogP contribution is 2.38. The molecule has 0 saturated heterocycles. The van der Waals surface area contributed by atoms with Gasteiger partial charge in [0.1, 0.15) is 0 Å². The molecule has 0 unspecified atom stereocenters. The summed E-state index contributed by atoms with van der Waals surface area (Å²) < 4.78 is 5.31. The molecule has 1 fully saturated rings. The van der Waals surface area contributed by atoms with Gasteiger partial charge in [0.25, 0.3) is 0 Å². The third kappa shape index (κ3) is 2.24. The molecule has 1 aliphatic rings. The molecule has 0 aliphatic heterocycles. The third-order valence-corrected chi connectivity index (χ3v) is 2.21. The molecule has 2 nitrogen and oxygen atoms in total. The van der Waals surface area contributed by atoms with Crippen molar-refractivity contribution in [3.63, 3.8) is 0 Å². The smallest absolute Gasteiger partial charge is 0.0987 e. The predicted molar refractivity (Wildman–Crippen MR) is 50.7 cm³/mol. The van der Waals surface area contributed by atoms with Crippen LogP contribution in [0.3, 0.4) is 0 Å². The van der Waals surface area contributed by atoms with E-state index >= 15 is 0 Å². The lowest BCUT2D eigenvalue weighted by molar-refractivity contribution is 0.203. The second-order valence-electron chi connectivity index (χ2n) is 4.70. The van der Waals surface area contributed by atoms with E-state index in [1.807, 2.05) is 0 Å². The zero-order chi connectivity index (χ0) is 9.41. The Morgan fingerprint density at radius 3 is 2.17 bits per heavy atom. The first kappa shape index (κ1) is 9.59. The molecule has 70 valence electrons. The van der Waals surface area contributed by atoms with Gasteiger partial charge in [0, 0.05) is 11.0 Å². The van der Waals surface area contributed by atoms with Gasteiger partial charge in [-0.1, -0.05) is 20.8 Å². The maximum Gasteiger partial charge on any atom is 0.0987 e. The minimum atomic E-state index is -0.0569. The molecule has 12 heavy (non-hydrogen) atoms. The molecule has 2 heteroatoms. The van der Waals surface area contributed by atoms with Crippen molar-refractivity contribution in [2.75, 3.05) is 7.11 Å². The maximum atomic E-state index is 5.96. The van der Waals surface area contributed by atoms with Gasteiger partial charge in [-0.2, -0.15) is 0 Å². The molecular formula is C10H19NO. The lowest BCUT2D eigenvalue weighted by Gasteiger charge is -2.22. The average Bonchev–Trinajstić information content (AvgIpc) is 2.62. The largest absolute Gasteiger partial charge is 0.501 e. The van der Waals surface area contributed by atoms with E-state index in [4.69, 9.17) is 10.5 Å². The molecule has 0 heterocycles. The van der Waals surface area contributed by atoms with Crippen LogP contribution >= 0.6 is 0 Å². The Bertz CT molecular complexity index is 196. The molecule has 0 aromatic rings. The summed E-state index contributed by atoms with van der Waals surface area (Å²) in [7, 11) is 1.71. The number of hydrogen-bond acceptors (Lipinski definition) is 2. The van der Waals surface area contributed by atoms with E-state index in [1.165, 1.54) is 0 Å². The molecule has 1 saturated carbocycles. The van der Waals surface area contributed by atoms with Crippen LogP contribution in [0.5, 0.6) is 0 Å². The van der Waals surface area contributed by atoms with Crippen LogP contribution in [0.25, 0.3) is 0 Å². The average molecular weight is 169 g/mol. The Balaban J connectivity index is 2.74. The van der Waals surface area contributed by atoms with Gasteiger partial charge < -0.3 is 10.5 Å². The van der Waals surface area contributed by atoms with Crippen LogP contribution in [-0.4, -0.2) is 12.6 Å². The van der Waals surface area contributed by atoms with Crippen LogP contribution in [0, 0.1) is 5.41 Å². The standard InChI is InChI=1S/C10H19NO/c1-9(2,3)8(12-4)7-10(11)5-6-10/h7H,5-6,11H2,1-4H3/b8-7-. The van der Waals surface area contributed by atoms with Crippen LogP contribution in [0.1, 0.15) is 33.6 Å². The predicted octanol–water partition coefficient (Wildman–Crippen LogP) is 2.05. The minimum Gasteiger partial charge on any atom is -0.501 e. The van der Waals surface area contributed by atoms with Crippen LogP contribution in [0.2, 0.25) is 0 Å². The van der Waals surface area contributed by atoms with Crippen molar-refractivity contribution >= 4 is 0 Å². The Kier molecular flexibility index (Phi) is 2.21. The Morgan fingerprint density at radius 2 is 1.92 bits per heavy atom. The molecule has 0 radical (unpaired) electrons. The number of methoxy groups -OCH3 is 1. The highest BCUT2D eigenvalue weighted by atomic mass is 16.5. The monoisotopic (exact) mass is 169 g/mol. The fraction of sp³-hybridized carbons (Fsp3) is 0.800. The van der Waals surface area contributed by atoms with Crippen molar-refractivity contribution in [2.45, 2.75) is 39.2 Å². The topological polar surface area (TPSA) is 35.2 Å². The van der Waals surface area contributed by atoms with E-state index < -0.39 is 0 Å². The van der Waals surface area contributed by atoms with Crippen molar-refractivity contribution in [1.82, 2.24) is 0 Å². The Hall–Kier alpha value is -0.500. The van der Waals surface area contributed by atoms with Gasteiger partial charge in [-0.15, -0.1) is 0 Å². The SMILES string of the molecule is CO/C(=C\C1(N)CC1)C(C)(C)C. The molecule has 0 atom stereocenters. The molecule has 0 spiro atoms. The van der Waals surface area contributed by atoms with Gasteiger partial charge in [-0.25, -0.2) is 0 Å². The summed E-state index contributed by atoms with van der Waals surface area (Å²) in [5.41, 5.74) is 5.98. The van der Waals surface area contributed by atoms with Crippen molar-refractivity contribution < 1.29 is 4.74 Å². The first-order valence-electron chi connectivity index (χ1n) is 4.44. The van der Waals surface area contributed by atoms with Crippen LogP contribution in [0.15, 0.2) is 11.8 Å². The van der Waals surface area contributed by atoms with E-state index in [1.54, 1.807) is 7.11 Å². The van der Waals surface area contributed by atoms with Gasteiger partial charge in [0.05, 0.1) is 12.9 Å². The van der Waals surface area contributed by atoms with Gasteiger partial charge >= 0.3 is 0 Å². The summed E-state index contributed by atoms with van der Waals surface area (Å²) in [5, 5.41) is 0. The van der Waals surface area contributed by atoms with E-state index in [0.29, 0.717) is 0 Å². The maximum absolute atomic E-state index is 5.96. The highest BCUT2D eigenvalue weighted by Gasteiger charge is 2.38. The normalized spacial score (nSPS) is 22.2. The minimum absolute atomic E-state index is 0.0569.